The maximum absolute atomic E-state index is 11.6. The molecule has 1 aromatic rings. The van der Waals surface area contributed by atoms with Crippen LogP contribution in [0.3, 0.4) is 0 Å². The average Bonchev–Trinajstić information content (AvgIpc) is 2.35. The lowest BCUT2D eigenvalue weighted by molar-refractivity contribution is -0.115. The van der Waals surface area contributed by atoms with Gasteiger partial charge in [0.2, 0.25) is 5.91 Å². The Hall–Kier alpha value is -2.42. The minimum atomic E-state index is -3.30. The van der Waals surface area contributed by atoms with Crippen LogP contribution in [-0.4, -0.2) is 48.5 Å². The molecule has 3 N–H and O–H groups in total. The third kappa shape index (κ3) is 5.61. The number of nitrogens with one attached hydrogen (secondary N) is 1. The number of aromatic carboxylic acids is 2. The van der Waals surface area contributed by atoms with Crippen molar-refractivity contribution in [3.63, 3.8) is 0 Å². The van der Waals surface area contributed by atoms with Gasteiger partial charge >= 0.3 is 11.9 Å². The quantitative estimate of drug-likeness (QED) is 0.693. The molecule has 9 heteroatoms. The van der Waals surface area contributed by atoms with Crippen molar-refractivity contribution in [1.29, 1.82) is 0 Å². The predicted octanol–water partition coefficient (Wildman–Crippen LogP) is 0.456. The van der Waals surface area contributed by atoms with Crippen LogP contribution < -0.4 is 5.32 Å². The molecule has 0 aliphatic carbocycles. The number of carboxylic acid groups (broad SMARTS) is 2. The zero-order valence-electron chi connectivity index (χ0n) is 11.0. The van der Waals surface area contributed by atoms with Gasteiger partial charge in [-0.15, -0.1) is 0 Å². The number of sulfone groups is 1. The molecule has 1 rings (SSSR count). The molecule has 8 nitrogen and oxygen atoms in total. The summed E-state index contributed by atoms with van der Waals surface area (Å²) in [5, 5.41) is 20.0. The van der Waals surface area contributed by atoms with Crippen LogP contribution in [0.1, 0.15) is 27.1 Å². The van der Waals surface area contributed by atoms with Crippen LogP contribution >= 0.6 is 0 Å². The predicted molar refractivity (Wildman–Crippen MR) is 73.3 cm³/mol. The van der Waals surface area contributed by atoms with Gasteiger partial charge in [-0.1, -0.05) is 0 Å². The molecule has 0 unspecified atom stereocenters. The van der Waals surface area contributed by atoms with Crippen LogP contribution in [0.25, 0.3) is 0 Å². The fourth-order valence-electron chi connectivity index (χ4n) is 1.45. The van der Waals surface area contributed by atoms with Crippen molar-refractivity contribution in [3.05, 3.63) is 29.3 Å². The Kier molecular flexibility index (Phi) is 5.03. The molecule has 0 radical (unpaired) electrons. The maximum Gasteiger partial charge on any atom is 0.335 e. The topological polar surface area (TPSA) is 138 Å². The number of carbonyl (C=O) groups is 3. The zero-order valence-corrected chi connectivity index (χ0v) is 11.8. The summed E-state index contributed by atoms with van der Waals surface area (Å²) in [5.74, 6) is -3.70. The second-order valence-corrected chi connectivity index (χ2v) is 6.60. The third-order valence-corrected chi connectivity index (χ3v) is 3.36. The Balaban J connectivity index is 2.94. The molecule has 0 bridgehead atoms. The zero-order chi connectivity index (χ0) is 16.2. The molecular weight excluding hydrogens is 302 g/mol. The van der Waals surface area contributed by atoms with E-state index in [4.69, 9.17) is 10.2 Å². The van der Waals surface area contributed by atoms with Crippen molar-refractivity contribution in [2.24, 2.45) is 0 Å². The van der Waals surface area contributed by atoms with Gasteiger partial charge in [0.1, 0.15) is 9.84 Å². The van der Waals surface area contributed by atoms with Gasteiger partial charge in [-0.25, -0.2) is 18.0 Å². The first kappa shape index (κ1) is 16.6. The molecule has 0 fully saturated rings. The lowest BCUT2D eigenvalue weighted by Gasteiger charge is -2.07. The number of benzene rings is 1. The fraction of sp³-hybridized carbons (Fsp3) is 0.250. The average molecular weight is 315 g/mol. The summed E-state index contributed by atoms with van der Waals surface area (Å²) in [6.45, 7) is 0. The van der Waals surface area contributed by atoms with E-state index in [2.05, 4.69) is 5.32 Å². The van der Waals surface area contributed by atoms with Crippen molar-refractivity contribution in [1.82, 2.24) is 0 Å². The molecule has 0 aromatic heterocycles. The highest BCUT2D eigenvalue weighted by atomic mass is 32.2. The molecule has 1 amide bonds. The molecule has 21 heavy (non-hydrogen) atoms. The fourth-order valence-corrected chi connectivity index (χ4v) is 2.00. The second kappa shape index (κ2) is 6.35. The van der Waals surface area contributed by atoms with Crippen molar-refractivity contribution >= 4 is 33.4 Å². The molecule has 0 saturated heterocycles. The summed E-state index contributed by atoms with van der Waals surface area (Å²) >= 11 is 0. The van der Waals surface area contributed by atoms with Crippen molar-refractivity contribution < 1.29 is 33.0 Å². The summed E-state index contributed by atoms with van der Waals surface area (Å²) in [5.41, 5.74) is -0.618. The standard InChI is InChI=1S/C12H13NO7S/c1-21(19,20)3-2-10(14)13-9-5-7(11(15)16)4-8(6-9)12(17)18/h4-6H,2-3H2,1H3,(H,13,14)(H,15,16)(H,17,18). The Morgan fingerprint density at radius 2 is 1.52 bits per heavy atom. The Morgan fingerprint density at radius 3 is 1.90 bits per heavy atom. The smallest absolute Gasteiger partial charge is 0.335 e. The lowest BCUT2D eigenvalue weighted by atomic mass is 10.1. The molecular formula is C12H13NO7S. The first-order valence-electron chi connectivity index (χ1n) is 5.68. The highest BCUT2D eigenvalue weighted by Crippen LogP contribution is 2.16. The van der Waals surface area contributed by atoms with Gasteiger partial charge in [0.25, 0.3) is 0 Å². The molecule has 0 saturated carbocycles. The van der Waals surface area contributed by atoms with E-state index in [0.717, 1.165) is 24.5 Å². The Bertz CT molecular complexity index is 661. The molecule has 1 aromatic carbocycles. The van der Waals surface area contributed by atoms with Gasteiger partial charge in [0.05, 0.1) is 16.9 Å². The van der Waals surface area contributed by atoms with Gasteiger partial charge in [-0.3, -0.25) is 4.79 Å². The summed E-state index contributed by atoms with van der Waals surface area (Å²) in [4.78, 5) is 33.3. The normalized spacial score (nSPS) is 10.9. The van der Waals surface area contributed by atoms with Gasteiger partial charge in [0, 0.05) is 18.4 Å². The van der Waals surface area contributed by atoms with Gasteiger partial charge < -0.3 is 15.5 Å². The van der Waals surface area contributed by atoms with Crippen LogP contribution in [0.15, 0.2) is 18.2 Å². The molecule has 0 aliphatic heterocycles. The van der Waals surface area contributed by atoms with Gasteiger partial charge in [0.15, 0.2) is 0 Å². The monoisotopic (exact) mass is 315 g/mol. The molecule has 114 valence electrons. The number of hydrogen-bond donors (Lipinski definition) is 3. The van der Waals surface area contributed by atoms with E-state index in [-0.39, 0.29) is 29.0 Å². The van der Waals surface area contributed by atoms with E-state index in [1.165, 1.54) is 0 Å². The lowest BCUT2D eigenvalue weighted by Crippen LogP contribution is -2.17. The summed E-state index contributed by atoms with van der Waals surface area (Å²) in [6.07, 6.45) is 0.673. The SMILES string of the molecule is CS(=O)(=O)CCC(=O)Nc1cc(C(=O)O)cc(C(=O)O)c1. The van der Waals surface area contributed by atoms with Gasteiger partial charge in [-0.2, -0.15) is 0 Å². The Labute approximate surface area is 120 Å². The van der Waals surface area contributed by atoms with Crippen LogP contribution in [0.2, 0.25) is 0 Å². The van der Waals surface area contributed by atoms with Gasteiger partial charge in [-0.05, 0) is 18.2 Å². The summed E-state index contributed by atoms with van der Waals surface area (Å²) in [7, 11) is -3.30. The van der Waals surface area contributed by atoms with Crippen LogP contribution in [-0.2, 0) is 14.6 Å². The Morgan fingerprint density at radius 1 is 1.05 bits per heavy atom. The van der Waals surface area contributed by atoms with E-state index in [1.54, 1.807) is 0 Å². The number of rotatable bonds is 6. The van der Waals surface area contributed by atoms with E-state index in [9.17, 15) is 22.8 Å². The minimum Gasteiger partial charge on any atom is -0.478 e. The van der Waals surface area contributed by atoms with Crippen molar-refractivity contribution in [2.75, 3.05) is 17.3 Å². The highest BCUT2D eigenvalue weighted by molar-refractivity contribution is 7.90. The number of amides is 1. The molecule has 0 atom stereocenters. The number of carbonyl (C=O) groups excluding carboxylic acids is 1. The minimum absolute atomic E-state index is 0.0224. The molecule has 0 spiro atoms. The molecule has 0 heterocycles. The number of carboxylic acids is 2. The third-order valence-electron chi connectivity index (χ3n) is 2.41. The highest BCUT2D eigenvalue weighted by Gasteiger charge is 2.14. The van der Waals surface area contributed by atoms with E-state index in [0.29, 0.717) is 0 Å². The number of hydrogen-bond acceptors (Lipinski definition) is 5. The summed E-state index contributed by atoms with van der Waals surface area (Å²) < 4.78 is 21.9. The van der Waals surface area contributed by atoms with Crippen LogP contribution in [0, 0.1) is 0 Å². The second-order valence-electron chi connectivity index (χ2n) is 4.34. The van der Waals surface area contributed by atoms with Crippen LogP contribution in [0.5, 0.6) is 0 Å². The van der Waals surface area contributed by atoms with E-state index < -0.39 is 27.7 Å². The first-order chi connectivity index (χ1) is 9.58. The summed E-state index contributed by atoms with van der Waals surface area (Å²) in [6, 6.07) is 3.14. The largest absolute Gasteiger partial charge is 0.478 e. The van der Waals surface area contributed by atoms with Crippen molar-refractivity contribution in [2.45, 2.75) is 6.42 Å². The van der Waals surface area contributed by atoms with E-state index >= 15 is 0 Å². The molecule has 0 aliphatic rings. The van der Waals surface area contributed by atoms with Crippen LogP contribution in [0.4, 0.5) is 5.69 Å². The van der Waals surface area contributed by atoms with Crippen molar-refractivity contribution in [3.8, 4) is 0 Å². The van der Waals surface area contributed by atoms with E-state index in [1.807, 2.05) is 0 Å². The first-order valence-corrected chi connectivity index (χ1v) is 7.74. The number of anilines is 1. The maximum atomic E-state index is 11.6.